The second-order valence-corrected chi connectivity index (χ2v) is 6.86. The fraction of sp³-hybridized carbons (Fsp3) is 0.0455. The second-order valence-electron chi connectivity index (χ2n) is 6.42. The average Bonchev–Trinajstić information content (AvgIpc) is 2.70. The Morgan fingerprint density at radius 2 is 1.69 bits per heavy atom. The molecule has 1 aromatic heterocycles. The molecule has 0 unspecified atom stereocenters. The molecule has 144 valence electrons. The summed E-state index contributed by atoms with van der Waals surface area (Å²) in [6.45, 7) is 1.75. The van der Waals surface area contributed by atoms with Crippen LogP contribution in [0.1, 0.15) is 5.82 Å². The van der Waals surface area contributed by atoms with Gasteiger partial charge in [0.2, 0.25) is 0 Å². The van der Waals surface area contributed by atoms with Crippen molar-refractivity contribution < 1.29 is 4.79 Å². The number of hydrogen-bond acceptors (Lipinski definition) is 3. The number of aromatic nitrogens is 2. The van der Waals surface area contributed by atoms with Gasteiger partial charge in [0, 0.05) is 10.7 Å². The van der Waals surface area contributed by atoms with E-state index >= 15 is 0 Å². The first-order valence-corrected chi connectivity index (χ1v) is 9.32. The first kappa shape index (κ1) is 18.7. The highest BCUT2D eigenvalue weighted by Crippen LogP contribution is 2.28. The minimum Gasteiger partial charge on any atom is -0.308 e. The number of hydrogen-bond donors (Lipinski definition) is 2. The van der Waals surface area contributed by atoms with E-state index in [0.29, 0.717) is 38.8 Å². The van der Waals surface area contributed by atoms with E-state index < -0.39 is 6.03 Å². The topological polar surface area (TPSA) is 76.0 Å². The number of aryl methyl sites for hydroxylation is 1. The molecule has 0 aliphatic heterocycles. The predicted molar refractivity (Wildman–Crippen MR) is 116 cm³/mol. The zero-order valence-electron chi connectivity index (χ0n) is 15.5. The van der Waals surface area contributed by atoms with Crippen molar-refractivity contribution in [3.05, 3.63) is 94.0 Å². The maximum atomic E-state index is 12.5. The summed E-state index contributed by atoms with van der Waals surface area (Å²) >= 11 is 6.18. The Bertz CT molecular complexity index is 1270. The third-order valence-corrected chi connectivity index (χ3v) is 4.68. The van der Waals surface area contributed by atoms with E-state index in [-0.39, 0.29) is 5.56 Å². The zero-order valence-corrected chi connectivity index (χ0v) is 16.3. The van der Waals surface area contributed by atoms with Crippen LogP contribution in [-0.4, -0.2) is 15.6 Å². The smallest absolute Gasteiger partial charge is 0.308 e. The predicted octanol–water partition coefficient (Wildman–Crippen LogP) is 4.99. The maximum Gasteiger partial charge on any atom is 0.323 e. The molecule has 29 heavy (non-hydrogen) atoms. The van der Waals surface area contributed by atoms with E-state index in [2.05, 4.69) is 15.6 Å². The first-order chi connectivity index (χ1) is 14.0. The number of carbonyl (C=O) groups is 1. The number of benzene rings is 3. The van der Waals surface area contributed by atoms with Gasteiger partial charge < -0.3 is 10.6 Å². The molecular weight excluding hydrogens is 388 g/mol. The molecule has 1 heterocycles. The van der Waals surface area contributed by atoms with Crippen LogP contribution in [0.3, 0.4) is 0 Å². The van der Waals surface area contributed by atoms with Crippen molar-refractivity contribution >= 4 is 39.9 Å². The van der Waals surface area contributed by atoms with Gasteiger partial charge in [-0.2, -0.15) is 4.98 Å². The Balaban J connectivity index is 1.80. The summed E-state index contributed by atoms with van der Waals surface area (Å²) in [5.41, 5.74) is 2.21. The normalized spacial score (nSPS) is 10.7. The fourth-order valence-electron chi connectivity index (χ4n) is 3.19. The van der Waals surface area contributed by atoms with Crippen molar-refractivity contribution in [1.82, 2.24) is 9.55 Å². The van der Waals surface area contributed by atoms with E-state index in [1.807, 2.05) is 34.9 Å². The monoisotopic (exact) mass is 404 g/mol. The first-order valence-electron chi connectivity index (χ1n) is 8.94. The van der Waals surface area contributed by atoms with Crippen LogP contribution in [-0.2, 0) is 0 Å². The lowest BCUT2D eigenvalue weighted by Gasteiger charge is -2.18. The Labute approximate surface area is 171 Å². The number of urea groups is 1. The van der Waals surface area contributed by atoms with Crippen LogP contribution in [0.25, 0.3) is 16.6 Å². The van der Waals surface area contributed by atoms with Crippen molar-refractivity contribution in [2.24, 2.45) is 0 Å². The molecular formula is C22H17ClN4O2. The lowest BCUT2D eigenvalue weighted by atomic mass is 10.2. The molecule has 7 heteroatoms. The summed E-state index contributed by atoms with van der Waals surface area (Å²) in [5, 5.41) is 6.59. The SMILES string of the molecule is Cc1nc(=O)c2ccccc2n1-c1ccc(Cl)cc1NC(=O)Nc1ccccc1. The molecule has 0 aliphatic carbocycles. The van der Waals surface area contributed by atoms with Gasteiger partial charge in [-0.3, -0.25) is 9.36 Å². The van der Waals surface area contributed by atoms with Gasteiger partial charge in [-0.25, -0.2) is 4.79 Å². The van der Waals surface area contributed by atoms with Crippen molar-refractivity contribution in [1.29, 1.82) is 0 Å². The van der Waals surface area contributed by atoms with Crippen molar-refractivity contribution in [3.8, 4) is 5.69 Å². The minimum absolute atomic E-state index is 0.292. The molecule has 2 N–H and O–H groups in total. The average molecular weight is 405 g/mol. The molecule has 0 aliphatic rings. The Morgan fingerprint density at radius 3 is 2.48 bits per heavy atom. The quantitative estimate of drug-likeness (QED) is 0.505. The summed E-state index contributed by atoms with van der Waals surface area (Å²) in [4.78, 5) is 29.0. The van der Waals surface area contributed by atoms with Crippen LogP contribution in [0.2, 0.25) is 5.02 Å². The third-order valence-electron chi connectivity index (χ3n) is 4.44. The van der Waals surface area contributed by atoms with Crippen LogP contribution in [0, 0.1) is 6.92 Å². The molecule has 6 nitrogen and oxygen atoms in total. The summed E-state index contributed by atoms with van der Waals surface area (Å²) in [6, 6.07) is 21.1. The van der Waals surface area contributed by atoms with E-state index in [9.17, 15) is 9.59 Å². The van der Waals surface area contributed by atoms with Gasteiger partial charge in [0.15, 0.2) is 0 Å². The van der Waals surface area contributed by atoms with Gasteiger partial charge in [-0.1, -0.05) is 41.9 Å². The molecule has 4 aromatic rings. The molecule has 3 aromatic carbocycles. The highest BCUT2D eigenvalue weighted by Gasteiger charge is 2.15. The number of anilines is 2. The van der Waals surface area contributed by atoms with Crippen LogP contribution >= 0.6 is 11.6 Å². The lowest BCUT2D eigenvalue weighted by molar-refractivity contribution is 0.262. The van der Waals surface area contributed by atoms with E-state index in [1.54, 1.807) is 49.4 Å². The molecule has 4 rings (SSSR count). The minimum atomic E-state index is -0.407. The summed E-state index contributed by atoms with van der Waals surface area (Å²) in [7, 11) is 0. The van der Waals surface area contributed by atoms with Crippen LogP contribution < -0.4 is 16.2 Å². The molecule has 0 spiro atoms. The Kier molecular flexibility index (Phi) is 5.01. The number of fused-ring (bicyclic) bond motifs is 1. The van der Waals surface area contributed by atoms with Gasteiger partial charge >= 0.3 is 6.03 Å². The lowest BCUT2D eigenvalue weighted by Crippen LogP contribution is -2.21. The standard InChI is InChI=1S/C22H17ClN4O2/c1-14-24-21(28)17-9-5-6-10-19(17)27(14)20-12-11-15(23)13-18(20)26-22(29)25-16-7-3-2-4-8-16/h2-13H,1H3,(H2,25,26,29). The fourth-order valence-corrected chi connectivity index (χ4v) is 3.37. The zero-order chi connectivity index (χ0) is 20.4. The second kappa shape index (κ2) is 7.77. The number of rotatable bonds is 3. The number of nitrogens with one attached hydrogen (secondary N) is 2. The summed E-state index contributed by atoms with van der Waals surface area (Å²) in [6.07, 6.45) is 0. The highest BCUT2D eigenvalue weighted by molar-refractivity contribution is 6.31. The van der Waals surface area contributed by atoms with E-state index in [1.165, 1.54) is 0 Å². The molecule has 0 saturated heterocycles. The van der Waals surface area contributed by atoms with E-state index in [0.717, 1.165) is 0 Å². The van der Waals surface area contributed by atoms with Gasteiger partial charge in [0.05, 0.1) is 22.3 Å². The molecule has 0 fully saturated rings. The number of carbonyl (C=O) groups excluding carboxylic acids is 1. The molecule has 2 amide bonds. The van der Waals surface area contributed by atoms with Gasteiger partial charge in [-0.05, 0) is 49.4 Å². The molecule has 0 bridgehead atoms. The third kappa shape index (κ3) is 3.83. The van der Waals surface area contributed by atoms with Crippen LogP contribution in [0.4, 0.5) is 16.2 Å². The Morgan fingerprint density at radius 1 is 0.966 bits per heavy atom. The van der Waals surface area contributed by atoms with Gasteiger partial charge in [0.1, 0.15) is 5.82 Å². The summed E-state index contributed by atoms with van der Waals surface area (Å²) < 4.78 is 1.82. The largest absolute Gasteiger partial charge is 0.323 e. The van der Waals surface area contributed by atoms with Crippen LogP contribution in [0.15, 0.2) is 77.6 Å². The van der Waals surface area contributed by atoms with Gasteiger partial charge in [0.25, 0.3) is 5.56 Å². The Hall–Kier alpha value is -3.64. The summed E-state index contributed by atoms with van der Waals surface area (Å²) in [5.74, 6) is 0.502. The number of halogens is 1. The van der Waals surface area contributed by atoms with Crippen molar-refractivity contribution in [2.45, 2.75) is 6.92 Å². The molecule has 0 atom stereocenters. The van der Waals surface area contributed by atoms with Gasteiger partial charge in [-0.15, -0.1) is 0 Å². The molecule has 0 radical (unpaired) electrons. The van der Waals surface area contributed by atoms with Crippen molar-refractivity contribution in [3.63, 3.8) is 0 Å². The molecule has 0 saturated carbocycles. The number of nitrogens with zero attached hydrogens (tertiary/aromatic N) is 2. The number of para-hydroxylation sites is 2. The maximum absolute atomic E-state index is 12.5. The van der Waals surface area contributed by atoms with E-state index in [4.69, 9.17) is 11.6 Å². The highest BCUT2D eigenvalue weighted by atomic mass is 35.5. The number of amides is 2. The van der Waals surface area contributed by atoms with Crippen LogP contribution in [0.5, 0.6) is 0 Å². The van der Waals surface area contributed by atoms with Crippen molar-refractivity contribution in [2.75, 3.05) is 10.6 Å².